The van der Waals surface area contributed by atoms with Crippen LogP contribution in [0.2, 0.25) is 0 Å². The zero-order valence-corrected chi connectivity index (χ0v) is 25.0. The molecule has 10 heteroatoms. The predicted molar refractivity (Wildman–Crippen MR) is 162 cm³/mol. The zero-order chi connectivity index (χ0) is 30.3. The second kappa shape index (κ2) is 17.3. The number of amides is 3. The van der Waals surface area contributed by atoms with Crippen LogP contribution in [-0.4, -0.2) is 91.9 Å². The quantitative estimate of drug-likeness (QED) is 0.219. The molecule has 0 spiro atoms. The average molecular weight is 580 g/mol. The van der Waals surface area contributed by atoms with Gasteiger partial charge in [0, 0.05) is 32.7 Å². The highest BCUT2D eigenvalue weighted by molar-refractivity contribution is 6.38. The molecule has 0 bridgehead atoms. The average Bonchev–Trinajstić information content (AvgIpc) is 3.00. The Bertz CT molecular complexity index is 1140. The van der Waals surface area contributed by atoms with E-state index in [0.29, 0.717) is 13.0 Å². The second-order valence-corrected chi connectivity index (χ2v) is 11.1. The highest BCUT2D eigenvalue weighted by atomic mass is 16.5. The van der Waals surface area contributed by atoms with E-state index in [1.807, 2.05) is 60.7 Å². The molecule has 10 nitrogen and oxygen atoms in total. The van der Waals surface area contributed by atoms with Gasteiger partial charge in [-0.3, -0.25) is 14.4 Å². The van der Waals surface area contributed by atoms with Crippen LogP contribution in [0.15, 0.2) is 60.7 Å². The molecule has 2 aromatic carbocycles. The summed E-state index contributed by atoms with van der Waals surface area (Å²) < 4.78 is 5.29. The van der Waals surface area contributed by atoms with Gasteiger partial charge in [0.2, 0.25) is 11.7 Å². The molecule has 1 fully saturated rings. The van der Waals surface area contributed by atoms with Crippen LogP contribution in [0, 0.1) is 5.92 Å². The van der Waals surface area contributed by atoms with Gasteiger partial charge in [0.05, 0.1) is 6.04 Å². The minimum Gasteiger partial charge on any atom is -0.445 e. The summed E-state index contributed by atoms with van der Waals surface area (Å²) in [6, 6.07) is 16.8. The fraction of sp³-hybridized carbons (Fsp3) is 0.500. The third-order valence-corrected chi connectivity index (χ3v) is 7.39. The molecule has 3 rings (SSSR count). The van der Waals surface area contributed by atoms with E-state index >= 15 is 0 Å². The van der Waals surface area contributed by atoms with E-state index in [0.717, 1.165) is 50.3 Å². The number of piperazine rings is 1. The third-order valence-electron chi connectivity index (χ3n) is 7.39. The van der Waals surface area contributed by atoms with Gasteiger partial charge in [-0.25, -0.2) is 4.79 Å². The molecule has 2 atom stereocenters. The SMILES string of the molecule is CC(C)[C@H](NC(=O)OCc1ccccc1)C(=O)NC(CCc1ccccc1)C(=O)C(=O)NCCCN1CCN(C)CC1. The van der Waals surface area contributed by atoms with Gasteiger partial charge in [0.15, 0.2) is 0 Å². The highest BCUT2D eigenvalue weighted by Crippen LogP contribution is 2.10. The molecule has 1 aliphatic rings. The van der Waals surface area contributed by atoms with Crippen LogP contribution in [0.5, 0.6) is 0 Å². The molecule has 3 N–H and O–H groups in total. The van der Waals surface area contributed by atoms with Crippen LogP contribution in [0.25, 0.3) is 0 Å². The van der Waals surface area contributed by atoms with Gasteiger partial charge in [0.1, 0.15) is 12.6 Å². The minimum atomic E-state index is -1.04. The molecule has 2 aromatic rings. The Morgan fingerprint density at radius 3 is 2.10 bits per heavy atom. The zero-order valence-electron chi connectivity index (χ0n) is 25.0. The lowest BCUT2D eigenvalue weighted by atomic mass is 9.99. The normalized spacial score (nSPS) is 15.4. The third kappa shape index (κ3) is 11.3. The van der Waals surface area contributed by atoms with Gasteiger partial charge in [-0.05, 0) is 49.9 Å². The Morgan fingerprint density at radius 2 is 1.48 bits per heavy atom. The Balaban J connectivity index is 1.57. The molecule has 3 amide bonds. The van der Waals surface area contributed by atoms with Crippen molar-refractivity contribution in [1.82, 2.24) is 25.8 Å². The summed E-state index contributed by atoms with van der Waals surface area (Å²) in [6.45, 7) is 8.87. The van der Waals surface area contributed by atoms with Crippen molar-refractivity contribution < 1.29 is 23.9 Å². The van der Waals surface area contributed by atoms with Crippen LogP contribution in [-0.2, 0) is 32.1 Å². The molecule has 0 aliphatic carbocycles. The lowest BCUT2D eigenvalue weighted by Gasteiger charge is -2.32. The molecule has 1 unspecified atom stereocenters. The monoisotopic (exact) mass is 579 g/mol. The molecule has 1 saturated heterocycles. The minimum absolute atomic E-state index is 0.0618. The van der Waals surface area contributed by atoms with Crippen LogP contribution in [0.1, 0.15) is 37.8 Å². The van der Waals surface area contributed by atoms with E-state index in [1.54, 1.807) is 13.8 Å². The maximum Gasteiger partial charge on any atom is 0.408 e. The first-order chi connectivity index (χ1) is 20.2. The number of ether oxygens (including phenoxy) is 1. The predicted octanol–water partition coefficient (Wildman–Crippen LogP) is 2.38. The molecular weight excluding hydrogens is 534 g/mol. The number of aryl methyl sites for hydroxylation is 1. The van der Waals surface area contributed by atoms with E-state index in [1.165, 1.54) is 0 Å². The summed E-state index contributed by atoms with van der Waals surface area (Å²) in [5.74, 6) is -2.26. The summed E-state index contributed by atoms with van der Waals surface area (Å²) in [6.07, 6.45) is 0.728. The number of hydrogen-bond acceptors (Lipinski definition) is 7. The van der Waals surface area contributed by atoms with E-state index in [4.69, 9.17) is 4.74 Å². The maximum absolute atomic E-state index is 13.3. The molecule has 42 heavy (non-hydrogen) atoms. The van der Waals surface area contributed by atoms with Gasteiger partial charge >= 0.3 is 6.09 Å². The van der Waals surface area contributed by atoms with Crippen molar-refractivity contribution in [2.75, 3.05) is 46.3 Å². The number of likely N-dealkylation sites (N-methyl/N-ethyl adjacent to an activating group) is 1. The van der Waals surface area contributed by atoms with E-state index in [9.17, 15) is 19.2 Å². The van der Waals surface area contributed by atoms with Crippen LogP contribution in [0.4, 0.5) is 4.79 Å². The van der Waals surface area contributed by atoms with Crippen molar-refractivity contribution in [2.45, 2.75) is 51.8 Å². The largest absolute Gasteiger partial charge is 0.445 e. The van der Waals surface area contributed by atoms with Gasteiger partial charge in [0.25, 0.3) is 5.91 Å². The van der Waals surface area contributed by atoms with Crippen molar-refractivity contribution >= 4 is 23.7 Å². The van der Waals surface area contributed by atoms with Crippen molar-refractivity contribution in [2.24, 2.45) is 5.92 Å². The van der Waals surface area contributed by atoms with E-state index in [2.05, 4.69) is 32.8 Å². The number of carbonyl (C=O) groups is 4. The lowest BCUT2D eigenvalue weighted by molar-refractivity contribution is -0.140. The Labute approximate surface area is 249 Å². The first-order valence-electron chi connectivity index (χ1n) is 14.8. The first-order valence-corrected chi connectivity index (χ1v) is 14.8. The first kappa shape index (κ1) is 32.8. The van der Waals surface area contributed by atoms with Gasteiger partial charge in [-0.2, -0.15) is 0 Å². The molecular formula is C32H45N5O5. The molecule has 1 heterocycles. The van der Waals surface area contributed by atoms with Crippen molar-refractivity contribution in [3.8, 4) is 0 Å². The number of Topliss-reactive ketones (excluding diaryl/α,β-unsaturated/α-hetero) is 1. The maximum atomic E-state index is 13.3. The fourth-order valence-electron chi connectivity index (χ4n) is 4.73. The van der Waals surface area contributed by atoms with Crippen LogP contribution in [0.3, 0.4) is 0 Å². The Hall–Kier alpha value is -3.76. The number of rotatable bonds is 15. The standard InChI is InChI=1S/C32H45N5O5/c1-24(2)28(35-32(41)42-23-26-13-8-5-9-14-26)30(39)34-27(16-15-25-11-6-4-7-12-25)29(38)31(40)33-17-10-18-37-21-19-36(3)20-22-37/h4-9,11-14,24,27-28H,10,15-23H2,1-3H3,(H,33,40)(H,34,39)(H,35,41)/t27?,28-/m0/s1. The van der Waals surface area contributed by atoms with Crippen LogP contribution >= 0.6 is 0 Å². The number of benzene rings is 2. The number of nitrogens with zero attached hydrogens (tertiary/aromatic N) is 2. The number of hydrogen-bond donors (Lipinski definition) is 3. The number of ketones is 1. The molecule has 0 radical (unpaired) electrons. The molecule has 228 valence electrons. The van der Waals surface area contributed by atoms with Crippen molar-refractivity contribution in [3.63, 3.8) is 0 Å². The number of alkyl carbamates (subject to hydrolysis) is 1. The Kier molecular flexibility index (Phi) is 13.5. The fourth-order valence-corrected chi connectivity index (χ4v) is 4.73. The summed E-state index contributed by atoms with van der Waals surface area (Å²) in [5.41, 5.74) is 1.81. The van der Waals surface area contributed by atoms with E-state index in [-0.39, 0.29) is 18.9 Å². The number of nitrogens with one attached hydrogen (secondary N) is 3. The summed E-state index contributed by atoms with van der Waals surface area (Å²) in [4.78, 5) is 56.6. The molecule has 0 saturated carbocycles. The van der Waals surface area contributed by atoms with Crippen molar-refractivity contribution in [1.29, 1.82) is 0 Å². The number of carbonyl (C=O) groups excluding carboxylic acids is 4. The summed E-state index contributed by atoms with van der Waals surface area (Å²) in [7, 11) is 2.10. The van der Waals surface area contributed by atoms with Gasteiger partial charge in [-0.1, -0.05) is 74.5 Å². The smallest absolute Gasteiger partial charge is 0.408 e. The molecule has 1 aliphatic heterocycles. The Morgan fingerprint density at radius 1 is 0.857 bits per heavy atom. The van der Waals surface area contributed by atoms with Gasteiger partial charge < -0.3 is 30.5 Å². The van der Waals surface area contributed by atoms with Gasteiger partial charge in [-0.15, -0.1) is 0 Å². The lowest BCUT2D eigenvalue weighted by Crippen LogP contribution is -2.55. The van der Waals surface area contributed by atoms with Crippen molar-refractivity contribution in [3.05, 3.63) is 71.8 Å². The second-order valence-electron chi connectivity index (χ2n) is 11.1. The van der Waals surface area contributed by atoms with E-state index < -0.39 is 35.8 Å². The molecule has 0 aromatic heterocycles. The topological polar surface area (TPSA) is 120 Å². The summed E-state index contributed by atoms with van der Waals surface area (Å²) >= 11 is 0. The van der Waals surface area contributed by atoms with Crippen LogP contribution < -0.4 is 16.0 Å². The summed E-state index contributed by atoms with van der Waals surface area (Å²) in [5, 5.41) is 8.09. The highest BCUT2D eigenvalue weighted by Gasteiger charge is 2.31.